The molecular weight excluding hydrogens is 366 g/mol. The number of pyridine rings is 3. The van der Waals surface area contributed by atoms with Crippen molar-refractivity contribution in [3.63, 3.8) is 0 Å². The molecule has 0 aliphatic carbocycles. The summed E-state index contributed by atoms with van der Waals surface area (Å²) < 4.78 is 0. The Balaban J connectivity index is 1.87. The van der Waals surface area contributed by atoms with E-state index in [9.17, 15) is 0 Å². The molecule has 4 heteroatoms. The van der Waals surface area contributed by atoms with E-state index in [4.69, 9.17) is 16.6 Å². The van der Waals surface area contributed by atoms with Crippen molar-refractivity contribution in [1.82, 2.24) is 15.0 Å². The number of hydrogen-bond acceptors (Lipinski definition) is 3. The van der Waals surface area contributed by atoms with Gasteiger partial charge in [0.2, 0.25) is 0 Å². The van der Waals surface area contributed by atoms with Crippen molar-refractivity contribution in [3.05, 3.63) is 89.8 Å². The molecule has 0 amide bonds. The second kappa shape index (κ2) is 6.70. The third-order valence-corrected chi connectivity index (χ3v) is 5.27. The highest BCUT2D eigenvalue weighted by atomic mass is 35.5. The van der Waals surface area contributed by atoms with Crippen LogP contribution in [0.15, 0.2) is 79.3 Å². The van der Waals surface area contributed by atoms with E-state index in [1.807, 2.05) is 36.7 Å². The minimum Gasteiger partial charge on any atom is -0.264 e. The van der Waals surface area contributed by atoms with Gasteiger partial charge in [-0.2, -0.15) is 0 Å². The molecule has 0 aliphatic heterocycles. The van der Waals surface area contributed by atoms with Crippen molar-refractivity contribution < 1.29 is 0 Å². The number of rotatable bonds is 2. The quantitative estimate of drug-likeness (QED) is 0.351. The summed E-state index contributed by atoms with van der Waals surface area (Å²) in [6.45, 7) is 2.07. The second-order valence-electron chi connectivity index (χ2n) is 6.79. The fourth-order valence-electron chi connectivity index (χ4n) is 3.65. The Hall–Kier alpha value is -3.30. The topological polar surface area (TPSA) is 38.7 Å². The van der Waals surface area contributed by atoms with E-state index in [2.05, 4.69) is 53.3 Å². The van der Waals surface area contributed by atoms with Crippen LogP contribution >= 0.6 is 11.6 Å². The molecule has 0 saturated heterocycles. The smallest absolute Gasteiger partial charge is 0.160 e. The van der Waals surface area contributed by atoms with Gasteiger partial charge in [-0.25, -0.2) is 9.97 Å². The van der Waals surface area contributed by atoms with Crippen LogP contribution in [0.1, 0.15) is 5.56 Å². The van der Waals surface area contributed by atoms with Crippen LogP contribution in [0, 0.1) is 6.92 Å². The Labute approximate surface area is 167 Å². The zero-order chi connectivity index (χ0) is 19.1. The molecule has 3 nitrogen and oxygen atoms in total. The van der Waals surface area contributed by atoms with Crippen LogP contribution in [-0.2, 0) is 0 Å². The summed E-state index contributed by atoms with van der Waals surface area (Å²) in [6, 6.07) is 20.4. The zero-order valence-electron chi connectivity index (χ0n) is 15.2. The van der Waals surface area contributed by atoms with Crippen LogP contribution in [0.25, 0.3) is 44.2 Å². The highest BCUT2D eigenvalue weighted by Crippen LogP contribution is 2.36. The number of halogens is 1. The largest absolute Gasteiger partial charge is 0.264 e. The number of aryl methyl sites for hydroxylation is 1. The van der Waals surface area contributed by atoms with Gasteiger partial charge in [-0.1, -0.05) is 35.9 Å². The van der Waals surface area contributed by atoms with Crippen molar-refractivity contribution in [3.8, 4) is 22.4 Å². The normalized spacial score (nSPS) is 11.2. The molecule has 28 heavy (non-hydrogen) atoms. The minimum atomic E-state index is 0.696. The van der Waals surface area contributed by atoms with E-state index in [0.29, 0.717) is 5.02 Å². The molecule has 3 heterocycles. The molecule has 0 radical (unpaired) electrons. The van der Waals surface area contributed by atoms with Crippen molar-refractivity contribution in [2.45, 2.75) is 6.92 Å². The van der Waals surface area contributed by atoms with Gasteiger partial charge < -0.3 is 0 Å². The molecule has 3 aromatic heterocycles. The summed E-state index contributed by atoms with van der Waals surface area (Å²) in [5, 5.41) is 3.98. The average Bonchev–Trinajstić information content (AvgIpc) is 2.74. The summed E-state index contributed by atoms with van der Waals surface area (Å²) >= 11 is 6.27. The van der Waals surface area contributed by atoms with E-state index in [-0.39, 0.29) is 0 Å². The van der Waals surface area contributed by atoms with Gasteiger partial charge in [0.15, 0.2) is 5.65 Å². The molecule has 0 aliphatic rings. The summed E-state index contributed by atoms with van der Waals surface area (Å²) in [7, 11) is 0. The standard InChI is InChI=1S/C24H16ClN3/c1-15-7-8-17(25)12-21(15)23-13-22(20-6-3-10-27-24(20)28-23)19-5-2-4-16-14-26-11-9-18(16)19/h2-14H,1H3. The fourth-order valence-corrected chi connectivity index (χ4v) is 3.82. The Morgan fingerprint density at radius 3 is 2.64 bits per heavy atom. The molecule has 0 unspecified atom stereocenters. The number of benzene rings is 2. The predicted octanol–water partition coefficient (Wildman–Crippen LogP) is 6.47. The molecule has 134 valence electrons. The molecule has 5 rings (SSSR count). The SMILES string of the molecule is Cc1ccc(Cl)cc1-c1cc(-c2cccc3cnccc23)c2cccnc2n1. The minimum absolute atomic E-state index is 0.696. The van der Waals surface area contributed by atoms with E-state index in [1.165, 1.54) is 0 Å². The highest BCUT2D eigenvalue weighted by molar-refractivity contribution is 6.30. The van der Waals surface area contributed by atoms with Crippen molar-refractivity contribution in [1.29, 1.82) is 0 Å². The summed E-state index contributed by atoms with van der Waals surface area (Å²) in [4.78, 5) is 13.6. The molecular formula is C24H16ClN3. The first-order valence-electron chi connectivity index (χ1n) is 9.06. The first-order valence-corrected chi connectivity index (χ1v) is 9.44. The van der Waals surface area contributed by atoms with Gasteiger partial charge in [-0.05, 0) is 65.4 Å². The van der Waals surface area contributed by atoms with Crippen LogP contribution in [0.4, 0.5) is 0 Å². The van der Waals surface area contributed by atoms with Crippen LogP contribution in [-0.4, -0.2) is 15.0 Å². The van der Waals surface area contributed by atoms with E-state index in [1.54, 1.807) is 6.20 Å². The lowest BCUT2D eigenvalue weighted by atomic mass is 9.95. The van der Waals surface area contributed by atoms with Gasteiger partial charge in [0.25, 0.3) is 0 Å². The number of nitrogens with zero attached hydrogens (tertiary/aromatic N) is 3. The zero-order valence-corrected chi connectivity index (χ0v) is 16.0. The maximum atomic E-state index is 6.27. The third-order valence-electron chi connectivity index (χ3n) is 5.03. The fraction of sp³-hybridized carbons (Fsp3) is 0.0417. The molecule has 0 bridgehead atoms. The molecule has 2 aromatic carbocycles. The van der Waals surface area contributed by atoms with Gasteiger partial charge in [-0.3, -0.25) is 4.98 Å². The Bertz CT molecular complexity index is 1340. The molecule has 0 fully saturated rings. The second-order valence-corrected chi connectivity index (χ2v) is 7.23. The number of fused-ring (bicyclic) bond motifs is 2. The lowest BCUT2D eigenvalue weighted by molar-refractivity contribution is 1.28. The maximum Gasteiger partial charge on any atom is 0.160 e. The van der Waals surface area contributed by atoms with Crippen molar-refractivity contribution in [2.24, 2.45) is 0 Å². The van der Waals surface area contributed by atoms with Gasteiger partial charge in [0, 0.05) is 39.9 Å². The van der Waals surface area contributed by atoms with Crippen LogP contribution in [0.2, 0.25) is 5.02 Å². The molecule has 0 saturated carbocycles. The predicted molar refractivity (Wildman–Crippen MR) is 115 cm³/mol. The van der Waals surface area contributed by atoms with Gasteiger partial charge in [0.1, 0.15) is 0 Å². The lowest BCUT2D eigenvalue weighted by Crippen LogP contribution is -1.94. The first-order chi connectivity index (χ1) is 13.7. The van der Waals surface area contributed by atoms with E-state index < -0.39 is 0 Å². The molecule has 5 aromatic rings. The average molecular weight is 382 g/mol. The Morgan fingerprint density at radius 2 is 1.71 bits per heavy atom. The first kappa shape index (κ1) is 16.8. The van der Waals surface area contributed by atoms with Gasteiger partial charge in [-0.15, -0.1) is 0 Å². The van der Waals surface area contributed by atoms with Crippen molar-refractivity contribution in [2.75, 3.05) is 0 Å². The highest BCUT2D eigenvalue weighted by Gasteiger charge is 2.14. The van der Waals surface area contributed by atoms with Crippen LogP contribution in [0.3, 0.4) is 0 Å². The molecule has 0 N–H and O–H groups in total. The monoisotopic (exact) mass is 381 g/mol. The maximum absolute atomic E-state index is 6.27. The number of hydrogen-bond donors (Lipinski definition) is 0. The number of aromatic nitrogens is 3. The third kappa shape index (κ3) is 2.81. The van der Waals surface area contributed by atoms with Crippen molar-refractivity contribution >= 4 is 33.4 Å². The lowest BCUT2D eigenvalue weighted by Gasteiger charge is -2.13. The Morgan fingerprint density at radius 1 is 0.786 bits per heavy atom. The summed E-state index contributed by atoms with van der Waals surface area (Å²) in [6.07, 6.45) is 5.50. The van der Waals surface area contributed by atoms with Crippen LogP contribution < -0.4 is 0 Å². The Kier molecular flexibility index (Phi) is 4.03. The van der Waals surface area contributed by atoms with E-state index in [0.717, 1.165) is 49.8 Å². The van der Waals surface area contributed by atoms with E-state index >= 15 is 0 Å². The summed E-state index contributed by atoms with van der Waals surface area (Å²) in [5.74, 6) is 0. The van der Waals surface area contributed by atoms with Gasteiger partial charge in [0.05, 0.1) is 5.69 Å². The van der Waals surface area contributed by atoms with Crippen LogP contribution in [0.5, 0.6) is 0 Å². The van der Waals surface area contributed by atoms with Gasteiger partial charge >= 0.3 is 0 Å². The molecule has 0 atom stereocenters. The molecule has 0 spiro atoms. The summed E-state index contributed by atoms with van der Waals surface area (Å²) in [5.41, 5.74) is 5.97.